The van der Waals surface area contributed by atoms with Crippen LogP contribution in [0.15, 0.2) is 39.8 Å². The number of benzene rings is 1. The highest BCUT2D eigenvalue weighted by Gasteiger charge is 2.17. The van der Waals surface area contributed by atoms with Crippen LogP contribution in [0.5, 0.6) is 0 Å². The third kappa shape index (κ3) is 3.89. The molecule has 2 aromatic rings. The Morgan fingerprint density at radius 3 is 2.52 bits per heavy atom. The maximum atomic E-state index is 12.0. The summed E-state index contributed by atoms with van der Waals surface area (Å²) in [6.45, 7) is 1.56. The molecule has 9 heteroatoms. The van der Waals surface area contributed by atoms with Crippen LogP contribution in [-0.4, -0.2) is 29.6 Å². The molecule has 0 amide bonds. The Balaban J connectivity index is 2.19. The summed E-state index contributed by atoms with van der Waals surface area (Å²) >= 11 is 0. The van der Waals surface area contributed by atoms with Crippen LogP contribution >= 0.6 is 0 Å². The molecule has 0 saturated carbocycles. The molecule has 0 aliphatic carbocycles. The minimum atomic E-state index is -3.83. The van der Waals surface area contributed by atoms with Crippen LogP contribution in [0, 0.1) is 6.92 Å². The number of aliphatic carboxylic acids is 1. The summed E-state index contributed by atoms with van der Waals surface area (Å²) in [5, 5.41) is 12.0. The Bertz CT molecular complexity index is 777. The molecular weight excluding hydrogens is 298 g/mol. The van der Waals surface area contributed by atoms with Crippen LogP contribution in [0.3, 0.4) is 0 Å². The first-order valence-corrected chi connectivity index (χ1v) is 7.19. The number of nitrogens with zero attached hydrogens (tertiary/aromatic N) is 2. The van der Waals surface area contributed by atoms with Crippen molar-refractivity contribution in [2.45, 2.75) is 11.8 Å². The molecule has 1 aromatic heterocycles. The first kappa shape index (κ1) is 14.7. The molecule has 1 aromatic carbocycles. The zero-order valence-corrected chi connectivity index (χ0v) is 11.7. The van der Waals surface area contributed by atoms with Gasteiger partial charge in [0.15, 0.2) is 5.82 Å². The second-order valence-corrected chi connectivity index (χ2v) is 5.68. The van der Waals surface area contributed by atoms with Crippen molar-refractivity contribution in [2.24, 2.45) is 0 Å². The van der Waals surface area contributed by atoms with Crippen molar-refractivity contribution in [1.29, 1.82) is 0 Å². The molecule has 0 atom stereocenters. The lowest BCUT2D eigenvalue weighted by Gasteiger charge is -2.04. The van der Waals surface area contributed by atoms with E-state index in [1.807, 2.05) is 0 Å². The first-order valence-electron chi connectivity index (χ1n) is 5.71. The number of carboxylic acid groups (broad SMARTS) is 1. The Morgan fingerprint density at radius 2 is 2.00 bits per heavy atom. The molecular formula is C12H11N3O5S. The predicted octanol–water partition coefficient (Wildman–Crippen LogP) is 1.28. The number of rotatable bonds is 5. The van der Waals surface area contributed by atoms with Crippen LogP contribution in [0.4, 0.5) is 6.01 Å². The molecule has 2 N–H and O–H groups in total. The SMILES string of the molecule is Cc1noc(NS(=O)(=O)c2ccc(/C=C/C(=O)O)cc2)n1. The summed E-state index contributed by atoms with van der Waals surface area (Å²) in [5.41, 5.74) is 0.560. The number of aromatic nitrogens is 2. The van der Waals surface area contributed by atoms with Crippen LogP contribution in [0.1, 0.15) is 11.4 Å². The zero-order valence-electron chi connectivity index (χ0n) is 10.8. The van der Waals surface area contributed by atoms with E-state index in [0.29, 0.717) is 11.4 Å². The maximum absolute atomic E-state index is 12.0. The fourth-order valence-electron chi connectivity index (χ4n) is 1.44. The number of carbonyl (C=O) groups is 1. The summed E-state index contributed by atoms with van der Waals surface area (Å²) < 4.78 is 30.9. The molecule has 0 unspecified atom stereocenters. The predicted molar refractivity (Wildman–Crippen MR) is 73.0 cm³/mol. The molecule has 0 saturated heterocycles. The number of nitrogens with one attached hydrogen (secondary N) is 1. The van der Waals surface area contributed by atoms with Gasteiger partial charge in [0.2, 0.25) is 0 Å². The third-order valence-corrected chi connectivity index (χ3v) is 3.69. The van der Waals surface area contributed by atoms with Gasteiger partial charge in [-0.05, 0) is 30.7 Å². The molecule has 110 valence electrons. The zero-order chi connectivity index (χ0) is 15.5. The van der Waals surface area contributed by atoms with Crippen molar-refractivity contribution in [3.63, 3.8) is 0 Å². The second kappa shape index (κ2) is 5.75. The third-order valence-electron chi connectivity index (χ3n) is 2.36. The van der Waals surface area contributed by atoms with Gasteiger partial charge in [0.1, 0.15) is 0 Å². The van der Waals surface area contributed by atoms with E-state index in [0.717, 1.165) is 6.08 Å². The summed E-state index contributed by atoms with van der Waals surface area (Å²) in [4.78, 5) is 14.1. The molecule has 0 fully saturated rings. The normalized spacial score (nSPS) is 11.7. The lowest BCUT2D eigenvalue weighted by Crippen LogP contribution is -2.13. The summed E-state index contributed by atoms with van der Waals surface area (Å²) in [7, 11) is -3.83. The highest BCUT2D eigenvalue weighted by atomic mass is 32.2. The topological polar surface area (TPSA) is 122 Å². The quantitative estimate of drug-likeness (QED) is 0.797. The highest BCUT2D eigenvalue weighted by Crippen LogP contribution is 2.15. The molecule has 8 nitrogen and oxygen atoms in total. The lowest BCUT2D eigenvalue weighted by atomic mass is 10.2. The second-order valence-electron chi connectivity index (χ2n) is 3.99. The van der Waals surface area contributed by atoms with Gasteiger partial charge in [-0.1, -0.05) is 17.3 Å². The Kier molecular flexibility index (Phi) is 4.03. The minimum Gasteiger partial charge on any atom is -0.478 e. The van der Waals surface area contributed by atoms with E-state index in [1.165, 1.54) is 30.3 Å². The van der Waals surface area contributed by atoms with Crippen molar-refractivity contribution in [3.05, 3.63) is 41.7 Å². The van der Waals surface area contributed by atoms with Crippen molar-refractivity contribution < 1.29 is 22.8 Å². The van der Waals surface area contributed by atoms with E-state index in [4.69, 9.17) is 5.11 Å². The average Bonchev–Trinajstić information content (AvgIpc) is 2.81. The van der Waals surface area contributed by atoms with Gasteiger partial charge in [0, 0.05) is 6.08 Å². The summed E-state index contributed by atoms with van der Waals surface area (Å²) in [6.07, 6.45) is 2.32. The molecule has 0 bridgehead atoms. The number of aryl methyl sites for hydroxylation is 1. The van der Waals surface area contributed by atoms with Gasteiger partial charge in [-0.3, -0.25) is 0 Å². The van der Waals surface area contributed by atoms with Gasteiger partial charge < -0.3 is 9.63 Å². The van der Waals surface area contributed by atoms with Crippen molar-refractivity contribution in [1.82, 2.24) is 10.1 Å². The number of sulfonamides is 1. The number of anilines is 1. The molecule has 2 rings (SSSR count). The lowest BCUT2D eigenvalue weighted by molar-refractivity contribution is -0.131. The molecule has 0 radical (unpaired) electrons. The number of hydrogen-bond acceptors (Lipinski definition) is 6. The van der Waals surface area contributed by atoms with Gasteiger partial charge in [0.25, 0.3) is 10.0 Å². The maximum Gasteiger partial charge on any atom is 0.335 e. The highest BCUT2D eigenvalue weighted by molar-refractivity contribution is 7.92. The average molecular weight is 309 g/mol. The van der Waals surface area contributed by atoms with Crippen LogP contribution in [-0.2, 0) is 14.8 Å². The first-order chi connectivity index (χ1) is 9.87. The van der Waals surface area contributed by atoms with E-state index >= 15 is 0 Å². The Hall–Kier alpha value is -2.68. The van der Waals surface area contributed by atoms with Gasteiger partial charge in [-0.2, -0.15) is 4.98 Å². The van der Waals surface area contributed by atoms with Crippen LogP contribution < -0.4 is 4.72 Å². The monoisotopic (exact) mass is 309 g/mol. The van der Waals surface area contributed by atoms with Crippen molar-refractivity contribution in [2.75, 3.05) is 4.72 Å². The van der Waals surface area contributed by atoms with E-state index in [2.05, 4.69) is 19.4 Å². The molecule has 21 heavy (non-hydrogen) atoms. The Morgan fingerprint density at radius 1 is 1.33 bits per heavy atom. The molecule has 0 spiro atoms. The van der Waals surface area contributed by atoms with Crippen molar-refractivity contribution >= 4 is 28.1 Å². The summed E-state index contributed by atoms with van der Waals surface area (Å²) in [5.74, 6) is -0.776. The smallest absolute Gasteiger partial charge is 0.335 e. The molecule has 0 aliphatic rings. The Labute approximate surface area is 120 Å². The van der Waals surface area contributed by atoms with Crippen LogP contribution in [0.25, 0.3) is 6.08 Å². The van der Waals surface area contributed by atoms with Gasteiger partial charge in [-0.25, -0.2) is 17.9 Å². The number of hydrogen-bond donors (Lipinski definition) is 2. The fraction of sp³-hybridized carbons (Fsp3) is 0.0833. The number of carboxylic acids is 1. The molecule has 0 aliphatic heterocycles. The van der Waals surface area contributed by atoms with E-state index in [1.54, 1.807) is 6.92 Å². The van der Waals surface area contributed by atoms with Crippen LogP contribution in [0.2, 0.25) is 0 Å². The standard InChI is InChI=1S/C12H11N3O5S/c1-8-13-12(20-14-8)15-21(18,19)10-5-2-9(3-6-10)4-7-11(16)17/h2-7H,1H3,(H,16,17)(H,13,14,15)/b7-4+. The van der Waals surface area contributed by atoms with Gasteiger partial charge in [0.05, 0.1) is 4.90 Å². The minimum absolute atomic E-state index is 0.00849. The van der Waals surface area contributed by atoms with E-state index in [-0.39, 0.29) is 10.9 Å². The summed E-state index contributed by atoms with van der Waals surface area (Å²) in [6, 6.07) is 5.42. The molecule has 1 heterocycles. The van der Waals surface area contributed by atoms with Crippen molar-refractivity contribution in [3.8, 4) is 0 Å². The van der Waals surface area contributed by atoms with E-state index in [9.17, 15) is 13.2 Å². The van der Waals surface area contributed by atoms with E-state index < -0.39 is 16.0 Å². The largest absolute Gasteiger partial charge is 0.478 e. The van der Waals surface area contributed by atoms with Gasteiger partial charge in [-0.15, -0.1) is 0 Å². The van der Waals surface area contributed by atoms with Gasteiger partial charge >= 0.3 is 12.0 Å². The fourth-order valence-corrected chi connectivity index (χ4v) is 2.36.